The van der Waals surface area contributed by atoms with Crippen LogP contribution in [0.1, 0.15) is 24.5 Å². The van der Waals surface area contributed by atoms with Gasteiger partial charge in [0, 0.05) is 33.2 Å². The molecule has 2 rings (SSSR count). The van der Waals surface area contributed by atoms with E-state index in [4.69, 9.17) is 0 Å². The summed E-state index contributed by atoms with van der Waals surface area (Å²) in [5.41, 5.74) is 0.963. The van der Waals surface area contributed by atoms with Crippen LogP contribution in [0.3, 0.4) is 0 Å². The van der Waals surface area contributed by atoms with E-state index in [9.17, 15) is 5.26 Å². The van der Waals surface area contributed by atoms with Crippen molar-refractivity contribution in [3.63, 3.8) is 0 Å². The third kappa shape index (κ3) is 2.83. The molecule has 6 heteroatoms. The van der Waals surface area contributed by atoms with Gasteiger partial charge in [-0.25, -0.2) is 4.98 Å². The molecule has 2 heterocycles. The first-order chi connectivity index (χ1) is 9.08. The topological polar surface area (TPSA) is 48.1 Å². The number of likely N-dealkylation sites (N-methyl/N-ethyl adjacent to an activating group) is 1. The van der Waals surface area contributed by atoms with Gasteiger partial charge in [-0.1, -0.05) is 6.92 Å². The van der Waals surface area contributed by atoms with Gasteiger partial charge in [0.1, 0.15) is 16.5 Å². The third-order valence-electron chi connectivity index (χ3n) is 3.92. The van der Waals surface area contributed by atoms with Gasteiger partial charge in [0.05, 0.1) is 11.8 Å². The van der Waals surface area contributed by atoms with Crippen molar-refractivity contribution in [1.82, 2.24) is 19.4 Å². The lowest BCUT2D eigenvalue weighted by molar-refractivity contribution is 0.116. The Balaban J connectivity index is 2.20. The van der Waals surface area contributed by atoms with Crippen LogP contribution in [0.4, 0.5) is 0 Å². The number of halogens is 1. The fourth-order valence-electron chi connectivity index (χ4n) is 2.54. The summed E-state index contributed by atoms with van der Waals surface area (Å²) in [5.74, 6) is 0.925. The van der Waals surface area contributed by atoms with Crippen molar-refractivity contribution >= 4 is 15.9 Å². The maximum absolute atomic E-state index is 9.55. The molecule has 0 amide bonds. The van der Waals surface area contributed by atoms with Crippen molar-refractivity contribution in [2.45, 2.75) is 19.9 Å². The van der Waals surface area contributed by atoms with Crippen LogP contribution in [0, 0.1) is 18.3 Å². The quantitative estimate of drug-likeness (QED) is 0.848. The summed E-state index contributed by atoms with van der Waals surface area (Å²) in [6, 6.07) is 2.21. The van der Waals surface area contributed by atoms with E-state index < -0.39 is 0 Å². The Kier molecular flexibility index (Phi) is 4.61. The first-order valence-electron chi connectivity index (χ1n) is 6.63. The summed E-state index contributed by atoms with van der Waals surface area (Å²) < 4.78 is 2.79. The lowest BCUT2D eigenvalue weighted by Gasteiger charge is -2.36. The fourth-order valence-corrected chi connectivity index (χ4v) is 3.28. The molecule has 1 aliphatic heterocycles. The van der Waals surface area contributed by atoms with Gasteiger partial charge >= 0.3 is 0 Å². The number of nitrogens with zero attached hydrogens (tertiary/aromatic N) is 5. The lowest BCUT2D eigenvalue weighted by Crippen LogP contribution is -2.47. The van der Waals surface area contributed by atoms with Gasteiger partial charge in [-0.15, -0.1) is 0 Å². The monoisotopic (exact) mass is 325 g/mol. The van der Waals surface area contributed by atoms with E-state index in [0.717, 1.165) is 48.8 Å². The normalized spacial score (nSPS) is 19.3. The van der Waals surface area contributed by atoms with Crippen molar-refractivity contribution in [3.8, 4) is 6.07 Å². The second kappa shape index (κ2) is 6.04. The van der Waals surface area contributed by atoms with E-state index in [1.165, 1.54) is 0 Å². The predicted molar refractivity (Wildman–Crippen MR) is 77.7 cm³/mol. The average Bonchev–Trinajstić information content (AvgIpc) is 2.67. The average molecular weight is 326 g/mol. The molecular formula is C13H20BrN5. The Morgan fingerprint density at radius 2 is 2.00 bits per heavy atom. The molecule has 1 saturated heterocycles. The molecule has 1 aliphatic rings. The molecule has 0 aliphatic carbocycles. The van der Waals surface area contributed by atoms with E-state index in [2.05, 4.69) is 43.7 Å². The van der Waals surface area contributed by atoms with Gasteiger partial charge in [-0.2, -0.15) is 5.26 Å². The second-order valence-electron chi connectivity index (χ2n) is 4.90. The largest absolute Gasteiger partial charge is 0.332 e. The first kappa shape index (κ1) is 14.5. The van der Waals surface area contributed by atoms with Gasteiger partial charge in [0.15, 0.2) is 0 Å². The first-order valence-corrected chi connectivity index (χ1v) is 7.42. The van der Waals surface area contributed by atoms with Crippen LogP contribution in [0.15, 0.2) is 4.60 Å². The van der Waals surface area contributed by atoms with E-state index in [-0.39, 0.29) is 6.04 Å². The van der Waals surface area contributed by atoms with Gasteiger partial charge in [0.25, 0.3) is 0 Å². The molecule has 19 heavy (non-hydrogen) atoms. The van der Waals surface area contributed by atoms with E-state index in [1.54, 1.807) is 0 Å². The highest BCUT2D eigenvalue weighted by Crippen LogP contribution is 2.28. The third-order valence-corrected chi connectivity index (χ3v) is 4.50. The zero-order chi connectivity index (χ0) is 14.0. The SMILES string of the molecule is CCN1CCN(C(C#N)c2c(Br)nc(C)n2C)CC1. The molecule has 1 aromatic rings. The highest BCUT2D eigenvalue weighted by Gasteiger charge is 2.28. The molecule has 1 aromatic heterocycles. The summed E-state index contributed by atoms with van der Waals surface area (Å²) in [6.07, 6.45) is 0. The molecule has 0 saturated carbocycles. The molecule has 1 unspecified atom stereocenters. The van der Waals surface area contributed by atoms with Crippen molar-refractivity contribution in [1.29, 1.82) is 5.26 Å². The fraction of sp³-hybridized carbons (Fsp3) is 0.692. The highest BCUT2D eigenvalue weighted by molar-refractivity contribution is 9.10. The number of imidazole rings is 1. The standard InChI is InChI=1S/C13H20BrN5/c1-4-18-5-7-19(8-6-18)11(9-15)12-13(14)16-10(2)17(12)3/h11H,4-8H2,1-3H3. The van der Waals surface area contributed by atoms with Crippen LogP contribution in [0.2, 0.25) is 0 Å². The van der Waals surface area contributed by atoms with Crippen LogP contribution in [0.25, 0.3) is 0 Å². The molecule has 5 nitrogen and oxygen atoms in total. The molecular weight excluding hydrogens is 306 g/mol. The van der Waals surface area contributed by atoms with Crippen molar-refractivity contribution < 1.29 is 0 Å². The zero-order valence-corrected chi connectivity index (χ0v) is 13.3. The summed E-state index contributed by atoms with van der Waals surface area (Å²) in [5, 5.41) is 9.55. The number of aromatic nitrogens is 2. The molecule has 1 atom stereocenters. The van der Waals surface area contributed by atoms with Crippen molar-refractivity contribution in [2.75, 3.05) is 32.7 Å². The Morgan fingerprint density at radius 3 is 2.42 bits per heavy atom. The summed E-state index contributed by atoms with van der Waals surface area (Å²) in [6.45, 7) is 9.15. The number of piperazine rings is 1. The number of hydrogen-bond donors (Lipinski definition) is 0. The van der Waals surface area contributed by atoms with E-state index in [1.807, 2.05) is 18.5 Å². The smallest absolute Gasteiger partial charge is 0.141 e. The number of rotatable bonds is 3. The van der Waals surface area contributed by atoms with E-state index >= 15 is 0 Å². The maximum Gasteiger partial charge on any atom is 0.141 e. The van der Waals surface area contributed by atoms with Gasteiger partial charge in [-0.05, 0) is 29.4 Å². The number of hydrogen-bond acceptors (Lipinski definition) is 4. The van der Waals surface area contributed by atoms with Gasteiger partial charge in [-0.3, -0.25) is 4.90 Å². The molecule has 0 N–H and O–H groups in total. The Hall–Kier alpha value is -0.900. The molecule has 0 spiro atoms. The van der Waals surface area contributed by atoms with Crippen LogP contribution in [-0.2, 0) is 7.05 Å². The molecule has 0 bridgehead atoms. The minimum absolute atomic E-state index is 0.223. The van der Waals surface area contributed by atoms with E-state index in [0.29, 0.717) is 0 Å². The van der Waals surface area contributed by atoms with Gasteiger partial charge in [0.2, 0.25) is 0 Å². The van der Waals surface area contributed by atoms with Gasteiger partial charge < -0.3 is 9.47 Å². The van der Waals surface area contributed by atoms with Crippen molar-refractivity contribution in [3.05, 3.63) is 16.1 Å². The Morgan fingerprint density at radius 1 is 1.37 bits per heavy atom. The van der Waals surface area contributed by atoms with Crippen LogP contribution >= 0.6 is 15.9 Å². The van der Waals surface area contributed by atoms with Crippen LogP contribution in [0.5, 0.6) is 0 Å². The molecule has 0 radical (unpaired) electrons. The Bertz CT molecular complexity index is 482. The summed E-state index contributed by atoms with van der Waals surface area (Å²) >= 11 is 3.48. The maximum atomic E-state index is 9.55. The molecule has 1 fully saturated rings. The number of aryl methyl sites for hydroxylation is 1. The molecule has 0 aromatic carbocycles. The summed E-state index contributed by atoms with van der Waals surface area (Å²) in [4.78, 5) is 9.05. The summed E-state index contributed by atoms with van der Waals surface area (Å²) in [7, 11) is 1.97. The number of nitriles is 1. The minimum Gasteiger partial charge on any atom is -0.332 e. The second-order valence-corrected chi connectivity index (χ2v) is 5.65. The minimum atomic E-state index is -0.223. The molecule has 104 valence electrons. The highest BCUT2D eigenvalue weighted by atomic mass is 79.9. The Labute approximate surface area is 122 Å². The zero-order valence-electron chi connectivity index (χ0n) is 11.7. The predicted octanol–water partition coefficient (Wildman–Crippen LogP) is 1.69. The lowest BCUT2D eigenvalue weighted by atomic mass is 10.1. The van der Waals surface area contributed by atoms with Crippen molar-refractivity contribution in [2.24, 2.45) is 7.05 Å². The van der Waals surface area contributed by atoms with Crippen LogP contribution < -0.4 is 0 Å². The van der Waals surface area contributed by atoms with Crippen LogP contribution in [-0.4, -0.2) is 52.1 Å².